The maximum Gasteiger partial charge on any atom is 0.250 e. The molecule has 0 radical (unpaired) electrons. The molecule has 0 aliphatic carbocycles. The van der Waals surface area contributed by atoms with Gasteiger partial charge in [0.25, 0.3) is 0 Å². The van der Waals surface area contributed by atoms with E-state index in [-0.39, 0.29) is 11.0 Å². The Morgan fingerprint density at radius 2 is 1.86 bits per heavy atom. The summed E-state index contributed by atoms with van der Waals surface area (Å²) in [5, 5.41) is 5.87. The first-order valence-corrected chi connectivity index (χ1v) is 6.96. The molecule has 1 amide bonds. The standard InChI is InChI=1S/C17H16N2OS/c1-13-6-5-9-15(12-13)18-17(21)19-16(20)11-10-14-7-3-2-4-8-14/h2-12H,1H3,(H2,18,19,20,21). The SMILES string of the molecule is Cc1cccc(NC(=S)NC(=O)C=Cc2ccccc2)c1. The highest BCUT2D eigenvalue weighted by Gasteiger charge is 2.01. The number of benzene rings is 2. The second kappa shape index (κ2) is 7.36. The van der Waals surface area contributed by atoms with Gasteiger partial charge in [0.2, 0.25) is 5.91 Å². The van der Waals surface area contributed by atoms with Crippen LogP contribution in [0.2, 0.25) is 0 Å². The van der Waals surface area contributed by atoms with Crippen molar-refractivity contribution in [3.05, 3.63) is 71.8 Å². The minimum absolute atomic E-state index is 0.260. The molecule has 4 heteroatoms. The lowest BCUT2D eigenvalue weighted by atomic mass is 10.2. The molecule has 0 aliphatic heterocycles. The first kappa shape index (κ1) is 14.9. The third kappa shape index (κ3) is 5.20. The number of aryl methyl sites for hydroxylation is 1. The van der Waals surface area contributed by atoms with Crippen LogP contribution in [-0.4, -0.2) is 11.0 Å². The van der Waals surface area contributed by atoms with Crippen molar-refractivity contribution in [3.8, 4) is 0 Å². The molecule has 0 aliphatic rings. The van der Waals surface area contributed by atoms with Crippen molar-refractivity contribution in [3.63, 3.8) is 0 Å². The number of hydrogen-bond acceptors (Lipinski definition) is 2. The minimum Gasteiger partial charge on any atom is -0.332 e. The number of amides is 1. The van der Waals surface area contributed by atoms with Gasteiger partial charge in [-0.1, -0.05) is 42.5 Å². The summed E-state index contributed by atoms with van der Waals surface area (Å²) >= 11 is 5.11. The number of thiocarbonyl (C=S) groups is 1. The zero-order valence-electron chi connectivity index (χ0n) is 11.7. The molecule has 0 unspecified atom stereocenters. The maximum absolute atomic E-state index is 11.8. The molecule has 0 bridgehead atoms. The Kier molecular flexibility index (Phi) is 5.23. The zero-order valence-corrected chi connectivity index (χ0v) is 12.5. The highest BCUT2D eigenvalue weighted by atomic mass is 32.1. The second-order valence-electron chi connectivity index (χ2n) is 4.56. The van der Waals surface area contributed by atoms with Gasteiger partial charge in [0, 0.05) is 11.8 Å². The predicted octanol–water partition coefficient (Wildman–Crippen LogP) is 3.52. The number of carbonyl (C=O) groups is 1. The molecule has 0 heterocycles. The largest absolute Gasteiger partial charge is 0.332 e. The van der Waals surface area contributed by atoms with Gasteiger partial charge < -0.3 is 5.32 Å². The van der Waals surface area contributed by atoms with Crippen molar-refractivity contribution in [2.75, 3.05) is 5.32 Å². The normalized spacial score (nSPS) is 10.3. The Labute approximate surface area is 129 Å². The molecule has 2 rings (SSSR count). The molecular weight excluding hydrogens is 280 g/mol. The van der Waals surface area contributed by atoms with Crippen LogP contribution in [0.25, 0.3) is 6.08 Å². The number of carbonyl (C=O) groups excluding carboxylic acids is 1. The van der Waals surface area contributed by atoms with Gasteiger partial charge in [0.15, 0.2) is 5.11 Å². The average Bonchev–Trinajstić information content (AvgIpc) is 2.46. The molecule has 0 aromatic heterocycles. The summed E-state index contributed by atoms with van der Waals surface area (Å²) in [5.74, 6) is -0.260. The van der Waals surface area contributed by atoms with Crippen LogP contribution in [0.3, 0.4) is 0 Å². The van der Waals surface area contributed by atoms with E-state index in [9.17, 15) is 4.79 Å². The summed E-state index contributed by atoms with van der Waals surface area (Å²) in [7, 11) is 0. The highest BCUT2D eigenvalue weighted by Crippen LogP contribution is 2.09. The van der Waals surface area contributed by atoms with Crippen molar-refractivity contribution in [2.24, 2.45) is 0 Å². The number of hydrogen-bond donors (Lipinski definition) is 2. The van der Waals surface area contributed by atoms with Crippen molar-refractivity contribution in [2.45, 2.75) is 6.92 Å². The summed E-state index contributed by atoms with van der Waals surface area (Å²) in [6, 6.07) is 17.4. The lowest BCUT2D eigenvalue weighted by molar-refractivity contribution is -0.115. The molecule has 0 saturated heterocycles. The number of anilines is 1. The molecule has 0 fully saturated rings. The topological polar surface area (TPSA) is 41.1 Å². The Bertz CT molecular complexity index is 666. The van der Waals surface area contributed by atoms with Gasteiger partial charge >= 0.3 is 0 Å². The van der Waals surface area contributed by atoms with Crippen molar-refractivity contribution in [1.29, 1.82) is 0 Å². The molecule has 2 aromatic rings. The van der Waals surface area contributed by atoms with Crippen molar-refractivity contribution < 1.29 is 4.79 Å². The quantitative estimate of drug-likeness (QED) is 0.672. The maximum atomic E-state index is 11.8. The smallest absolute Gasteiger partial charge is 0.250 e. The van der Waals surface area contributed by atoms with E-state index in [1.807, 2.05) is 61.5 Å². The van der Waals surface area contributed by atoms with Gasteiger partial charge in [0.05, 0.1) is 0 Å². The van der Waals surface area contributed by atoms with E-state index in [4.69, 9.17) is 12.2 Å². The third-order valence-corrected chi connectivity index (χ3v) is 2.94. The predicted molar refractivity (Wildman–Crippen MR) is 91.0 cm³/mol. The van der Waals surface area contributed by atoms with E-state index in [2.05, 4.69) is 10.6 Å². The van der Waals surface area contributed by atoms with E-state index in [1.54, 1.807) is 6.08 Å². The van der Waals surface area contributed by atoms with Gasteiger partial charge in [-0.15, -0.1) is 0 Å². The average molecular weight is 296 g/mol. The molecule has 3 nitrogen and oxygen atoms in total. The molecule has 106 valence electrons. The van der Waals surface area contributed by atoms with E-state index in [0.717, 1.165) is 16.8 Å². The molecule has 0 atom stereocenters. The summed E-state index contributed by atoms with van der Waals surface area (Å²) < 4.78 is 0. The Balaban J connectivity index is 1.88. The lowest BCUT2D eigenvalue weighted by Crippen LogP contribution is -2.32. The van der Waals surface area contributed by atoms with Crippen LogP contribution >= 0.6 is 12.2 Å². The summed E-state index contributed by atoms with van der Waals surface area (Å²) in [5.41, 5.74) is 2.94. The summed E-state index contributed by atoms with van der Waals surface area (Å²) in [6.45, 7) is 2.00. The first-order chi connectivity index (χ1) is 10.1. The fourth-order valence-corrected chi connectivity index (χ4v) is 1.99. The van der Waals surface area contributed by atoms with Crippen LogP contribution in [0.4, 0.5) is 5.69 Å². The number of rotatable bonds is 3. The monoisotopic (exact) mass is 296 g/mol. The van der Waals surface area contributed by atoms with Crippen molar-refractivity contribution >= 4 is 35.0 Å². The molecule has 2 aromatic carbocycles. The molecular formula is C17H16N2OS. The lowest BCUT2D eigenvalue weighted by Gasteiger charge is -2.08. The van der Waals surface area contributed by atoms with Crippen molar-refractivity contribution in [1.82, 2.24) is 5.32 Å². The molecule has 0 spiro atoms. The minimum atomic E-state index is -0.260. The highest BCUT2D eigenvalue weighted by molar-refractivity contribution is 7.80. The van der Waals surface area contributed by atoms with Crippen LogP contribution < -0.4 is 10.6 Å². The molecule has 2 N–H and O–H groups in total. The Hall–Kier alpha value is -2.46. The van der Waals surface area contributed by atoms with Crippen LogP contribution in [0.1, 0.15) is 11.1 Å². The second-order valence-corrected chi connectivity index (χ2v) is 4.97. The van der Waals surface area contributed by atoms with Gasteiger partial charge in [-0.05, 0) is 48.5 Å². The van der Waals surface area contributed by atoms with Gasteiger partial charge in [-0.25, -0.2) is 0 Å². The summed E-state index contributed by atoms with van der Waals surface area (Å²) in [4.78, 5) is 11.8. The van der Waals surface area contributed by atoms with Crippen LogP contribution in [-0.2, 0) is 4.79 Å². The Morgan fingerprint density at radius 1 is 1.10 bits per heavy atom. The zero-order chi connectivity index (χ0) is 15.1. The fourth-order valence-electron chi connectivity index (χ4n) is 1.77. The summed E-state index contributed by atoms with van der Waals surface area (Å²) in [6.07, 6.45) is 3.20. The number of nitrogens with one attached hydrogen (secondary N) is 2. The van der Waals surface area contributed by atoms with E-state index in [0.29, 0.717) is 0 Å². The van der Waals surface area contributed by atoms with Gasteiger partial charge in [-0.3, -0.25) is 10.1 Å². The van der Waals surface area contributed by atoms with Gasteiger partial charge in [-0.2, -0.15) is 0 Å². The third-order valence-electron chi connectivity index (χ3n) is 2.74. The van der Waals surface area contributed by atoms with E-state index < -0.39 is 0 Å². The Morgan fingerprint density at radius 3 is 2.57 bits per heavy atom. The van der Waals surface area contributed by atoms with Crippen LogP contribution in [0.15, 0.2) is 60.7 Å². The van der Waals surface area contributed by atoms with Crippen LogP contribution in [0, 0.1) is 6.92 Å². The van der Waals surface area contributed by atoms with Crippen LogP contribution in [0.5, 0.6) is 0 Å². The molecule has 21 heavy (non-hydrogen) atoms. The molecule has 0 saturated carbocycles. The first-order valence-electron chi connectivity index (χ1n) is 6.55. The fraction of sp³-hybridized carbons (Fsp3) is 0.0588. The van der Waals surface area contributed by atoms with Gasteiger partial charge in [0.1, 0.15) is 0 Å². The van der Waals surface area contributed by atoms with E-state index in [1.165, 1.54) is 6.08 Å². The van der Waals surface area contributed by atoms with E-state index >= 15 is 0 Å².